The Bertz CT molecular complexity index is 667. The topological polar surface area (TPSA) is 68.3 Å². The number of rotatable bonds is 5. The number of pyridine rings is 1. The number of aromatic nitrogens is 1. The monoisotopic (exact) mass is 344 g/mol. The number of amides is 1. The smallest absolute Gasteiger partial charge is 0.349 e. The summed E-state index contributed by atoms with van der Waals surface area (Å²) in [5, 5.41) is 4.83. The fraction of sp³-hybridized carbons (Fsp3) is 0.389. The number of thiophene rings is 1. The summed E-state index contributed by atoms with van der Waals surface area (Å²) in [7, 11) is 0. The van der Waals surface area contributed by atoms with E-state index in [-0.39, 0.29) is 11.9 Å². The van der Waals surface area contributed by atoms with Gasteiger partial charge in [-0.05, 0) is 30.4 Å². The van der Waals surface area contributed by atoms with Crippen molar-refractivity contribution in [2.45, 2.75) is 44.2 Å². The lowest BCUT2D eigenvalue weighted by molar-refractivity contribution is -0.131. The number of ether oxygens (including phenoxy) is 1. The van der Waals surface area contributed by atoms with E-state index in [0.717, 1.165) is 25.7 Å². The zero-order valence-corrected chi connectivity index (χ0v) is 14.1. The van der Waals surface area contributed by atoms with Crippen LogP contribution < -0.4 is 5.32 Å². The molecule has 1 amide bonds. The minimum atomic E-state index is -0.977. The number of hydrogen-bond acceptors (Lipinski definition) is 5. The molecule has 0 radical (unpaired) electrons. The van der Waals surface area contributed by atoms with E-state index in [1.165, 1.54) is 17.8 Å². The Hall–Kier alpha value is -2.21. The van der Waals surface area contributed by atoms with Gasteiger partial charge in [-0.3, -0.25) is 9.78 Å². The van der Waals surface area contributed by atoms with Gasteiger partial charge in [0, 0.05) is 24.0 Å². The largest absolute Gasteiger partial charge is 0.443 e. The van der Waals surface area contributed by atoms with Gasteiger partial charge < -0.3 is 10.1 Å². The van der Waals surface area contributed by atoms with Crippen LogP contribution in [0.15, 0.2) is 42.0 Å². The lowest BCUT2D eigenvalue weighted by Gasteiger charge is -2.25. The summed E-state index contributed by atoms with van der Waals surface area (Å²) in [4.78, 5) is 29.5. The molecule has 0 spiro atoms. The fourth-order valence-corrected chi connectivity index (χ4v) is 3.49. The van der Waals surface area contributed by atoms with Crippen LogP contribution in [0.5, 0.6) is 0 Å². The molecule has 0 aliphatic heterocycles. The molecule has 1 saturated carbocycles. The molecule has 1 aliphatic rings. The van der Waals surface area contributed by atoms with Crippen LogP contribution in [0.1, 0.15) is 53.4 Å². The Labute approximate surface area is 145 Å². The molecular formula is C18H20N2O3S. The van der Waals surface area contributed by atoms with E-state index in [4.69, 9.17) is 4.74 Å². The maximum Gasteiger partial charge on any atom is 0.349 e. The van der Waals surface area contributed by atoms with Gasteiger partial charge in [0.1, 0.15) is 4.88 Å². The summed E-state index contributed by atoms with van der Waals surface area (Å²) in [5.74, 6) is -0.766. The molecular weight excluding hydrogens is 324 g/mol. The van der Waals surface area contributed by atoms with E-state index in [1.807, 2.05) is 0 Å². The van der Waals surface area contributed by atoms with Crippen LogP contribution in [0.2, 0.25) is 0 Å². The highest BCUT2D eigenvalue weighted by molar-refractivity contribution is 7.11. The summed E-state index contributed by atoms with van der Waals surface area (Å²) in [6.45, 7) is 0. The maximum absolute atomic E-state index is 12.7. The molecule has 1 atom stereocenters. The third kappa shape index (κ3) is 4.20. The number of nitrogens with one attached hydrogen (secondary N) is 1. The molecule has 2 heterocycles. The van der Waals surface area contributed by atoms with E-state index in [0.29, 0.717) is 10.4 Å². The van der Waals surface area contributed by atoms with Crippen LogP contribution in [0, 0.1) is 0 Å². The van der Waals surface area contributed by atoms with Crippen LogP contribution in [-0.4, -0.2) is 22.9 Å². The minimum absolute atomic E-state index is 0.158. The molecule has 126 valence electrons. The van der Waals surface area contributed by atoms with Crippen LogP contribution >= 0.6 is 11.3 Å². The third-order valence-electron chi connectivity index (χ3n) is 4.12. The second-order valence-corrected chi connectivity index (χ2v) is 6.84. The van der Waals surface area contributed by atoms with Crippen LogP contribution in [-0.2, 0) is 9.53 Å². The maximum atomic E-state index is 12.7. The first-order chi connectivity index (χ1) is 11.7. The van der Waals surface area contributed by atoms with Crippen molar-refractivity contribution in [3.63, 3.8) is 0 Å². The first-order valence-corrected chi connectivity index (χ1v) is 9.07. The predicted octanol–water partition coefficient (Wildman–Crippen LogP) is 3.49. The zero-order chi connectivity index (χ0) is 16.8. The highest BCUT2D eigenvalue weighted by Crippen LogP contribution is 2.23. The molecule has 1 aliphatic carbocycles. The van der Waals surface area contributed by atoms with Crippen molar-refractivity contribution in [3.8, 4) is 0 Å². The van der Waals surface area contributed by atoms with Gasteiger partial charge in [-0.25, -0.2) is 4.79 Å². The fourth-order valence-electron chi connectivity index (χ4n) is 2.89. The lowest BCUT2D eigenvalue weighted by Crippen LogP contribution is -2.40. The molecule has 0 saturated heterocycles. The van der Waals surface area contributed by atoms with Gasteiger partial charge in [0.2, 0.25) is 6.10 Å². The van der Waals surface area contributed by atoms with E-state index in [9.17, 15) is 9.59 Å². The Balaban J connectivity index is 1.74. The first-order valence-electron chi connectivity index (χ1n) is 8.19. The van der Waals surface area contributed by atoms with Gasteiger partial charge in [-0.2, -0.15) is 0 Å². The van der Waals surface area contributed by atoms with Gasteiger partial charge in [-0.1, -0.05) is 31.4 Å². The molecule has 6 heteroatoms. The van der Waals surface area contributed by atoms with E-state index < -0.39 is 12.1 Å². The first kappa shape index (κ1) is 16.6. The van der Waals surface area contributed by atoms with Crippen molar-refractivity contribution in [2.24, 2.45) is 0 Å². The quantitative estimate of drug-likeness (QED) is 0.843. The van der Waals surface area contributed by atoms with Crippen LogP contribution in [0.25, 0.3) is 0 Å². The summed E-state index contributed by atoms with van der Waals surface area (Å²) in [5.41, 5.74) is 0.579. The van der Waals surface area contributed by atoms with Gasteiger partial charge in [-0.15, -0.1) is 11.3 Å². The standard InChI is InChI=1S/C18H20N2O3S/c21-17(20-14-7-2-1-3-8-14)16(13-6-4-10-19-12-13)23-18(22)15-9-5-11-24-15/h4-6,9-12,14,16H,1-3,7-8H2,(H,20,21)/t16-/m0/s1. The summed E-state index contributed by atoms with van der Waals surface area (Å²) >= 11 is 1.29. The average Bonchev–Trinajstić information content (AvgIpc) is 3.16. The molecule has 1 fully saturated rings. The minimum Gasteiger partial charge on any atom is -0.443 e. The van der Waals surface area contributed by atoms with Crippen LogP contribution in [0.4, 0.5) is 0 Å². The molecule has 1 N–H and O–H groups in total. The number of hydrogen-bond donors (Lipinski definition) is 1. The second-order valence-electron chi connectivity index (χ2n) is 5.89. The number of esters is 1. The molecule has 5 nitrogen and oxygen atoms in total. The summed E-state index contributed by atoms with van der Waals surface area (Å²) in [6.07, 6.45) is 7.62. The second kappa shape index (κ2) is 8.06. The lowest BCUT2D eigenvalue weighted by atomic mass is 9.95. The van der Waals surface area contributed by atoms with Gasteiger partial charge in [0.05, 0.1) is 0 Å². The molecule has 3 rings (SSSR count). The van der Waals surface area contributed by atoms with Crippen LogP contribution in [0.3, 0.4) is 0 Å². The zero-order valence-electron chi connectivity index (χ0n) is 13.3. The molecule has 2 aromatic heterocycles. The highest BCUT2D eigenvalue weighted by atomic mass is 32.1. The summed E-state index contributed by atoms with van der Waals surface area (Å²) < 4.78 is 5.50. The van der Waals surface area contributed by atoms with Crippen molar-refractivity contribution < 1.29 is 14.3 Å². The van der Waals surface area contributed by atoms with Crippen molar-refractivity contribution >= 4 is 23.2 Å². The Kier molecular flexibility index (Phi) is 5.59. The molecule has 0 unspecified atom stereocenters. The SMILES string of the molecule is O=C(O[C@H](C(=O)NC1CCCCC1)c1cccnc1)c1cccs1. The van der Waals surface area contributed by atoms with Crippen molar-refractivity contribution in [1.29, 1.82) is 0 Å². The third-order valence-corrected chi connectivity index (χ3v) is 4.97. The highest BCUT2D eigenvalue weighted by Gasteiger charge is 2.28. The molecule has 0 bridgehead atoms. The Morgan fingerprint density at radius 2 is 2.04 bits per heavy atom. The average molecular weight is 344 g/mol. The predicted molar refractivity (Wildman–Crippen MR) is 91.7 cm³/mol. The van der Waals surface area contributed by atoms with Crippen molar-refractivity contribution in [3.05, 3.63) is 52.5 Å². The number of carbonyl (C=O) groups excluding carboxylic acids is 2. The number of nitrogens with zero attached hydrogens (tertiary/aromatic N) is 1. The van der Waals surface area contributed by atoms with E-state index in [1.54, 1.807) is 42.0 Å². The Morgan fingerprint density at radius 1 is 1.21 bits per heavy atom. The van der Waals surface area contributed by atoms with E-state index in [2.05, 4.69) is 10.3 Å². The normalized spacial score (nSPS) is 16.3. The number of carbonyl (C=O) groups is 2. The molecule has 24 heavy (non-hydrogen) atoms. The van der Waals surface area contributed by atoms with Gasteiger partial charge in [0.25, 0.3) is 5.91 Å². The Morgan fingerprint density at radius 3 is 2.71 bits per heavy atom. The van der Waals surface area contributed by atoms with Gasteiger partial charge in [0.15, 0.2) is 0 Å². The van der Waals surface area contributed by atoms with Crippen molar-refractivity contribution in [1.82, 2.24) is 10.3 Å². The van der Waals surface area contributed by atoms with Crippen molar-refractivity contribution in [2.75, 3.05) is 0 Å². The molecule has 0 aromatic carbocycles. The van der Waals surface area contributed by atoms with Gasteiger partial charge >= 0.3 is 5.97 Å². The summed E-state index contributed by atoms with van der Waals surface area (Å²) in [6, 6.07) is 7.11. The van der Waals surface area contributed by atoms with E-state index >= 15 is 0 Å². The molecule has 2 aromatic rings.